The van der Waals surface area contributed by atoms with E-state index < -0.39 is 26.2 Å². The summed E-state index contributed by atoms with van der Waals surface area (Å²) in [7, 11) is -1.43. The molecule has 0 unspecified atom stereocenters. The molecule has 0 atom stereocenters. The van der Waals surface area contributed by atoms with Gasteiger partial charge in [0.25, 0.3) is 15.6 Å². The molecule has 0 spiro atoms. The Morgan fingerprint density at radius 3 is 2.27 bits per heavy atom. The molecule has 0 saturated heterocycles. The number of aromatic nitrogens is 2. The van der Waals surface area contributed by atoms with E-state index in [0.29, 0.717) is 5.69 Å². The molecule has 1 aromatic heterocycles. The van der Waals surface area contributed by atoms with Crippen LogP contribution in [0.1, 0.15) is 11.3 Å². The predicted octanol–water partition coefficient (Wildman–Crippen LogP) is 0.502. The first-order valence-electron chi connectivity index (χ1n) is 6.51. The van der Waals surface area contributed by atoms with E-state index in [1.165, 1.54) is 21.0 Å². The maximum Gasteiger partial charge on any atom is 0.330 e. The average molecular weight is 323 g/mol. The predicted molar refractivity (Wildman–Crippen MR) is 83.6 cm³/mol. The zero-order valence-corrected chi connectivity index (χ0v) is 13.6. The summed E-state index contributed by atoms with van der Waals surface area (Å²) in [6.45, 7) is 3.25. The maximum atomic E-state index is 12.5. The first kappa shape index (κ1) is 16.0. The first-order valence-corrected chi connectivity index (χ1v) is 7.99. The van der Waals surface area contributed by atoms with Crippen LogP contribution in [0.15, 0.2) is 38.8 Å². The normalized spacial score (nSPS) is 11.5. The molecule has 0 radical (unpaired) electrons. The molecule has 1 aromatic carbocycles. The molecule has 0 amide bonds. The quantitative estimate of drug-likeness (QED) is 0.891. The van der Waals surface area contributed by atoms with Crippen molar-refractivity contribution in [1.29, 1.82) is 0 Å². The van der Waals surface area contributed by atoms with Gasteiger partial charge in [-0.2, -0.15) is 0 Å². The zero-order chi connectivity index (χ0) is 16.7. The molecule has 2 aromatic rings. The lowest BCUT2D eigenvalue weighted by molar-refractivity contribution is 0.583. The van der Waals surface area contributed by atoms with E-state index in [4.69, 9.17) is 0 Å². The van der Waals surface area contributed by atoms with Crippen LogP contribution in [0.25, 0.3) is 0 Å². The highest BCUT2D eigenvalue weighted by Crippen LogP contribution is 2.16. The van der Waals surface area contributed by atoms with Crippen LogP contribution in [0, 0.1) is 13.8 Å². The topological polar surface area (TPSA) is 90.2 Å². The standard InChI is InChI=1S/C14H17N3O4S/c1-9-6-5-7-11(8-9)15-22(20,21)12-10(2)16(3)14(19)17(4)13(12)18/h5-8,15H,1-4H3. The molecule has 8 heteroatoms. The van der Waals surface area contributed by atoms with Gasteiger partial charge in [-0.25, -0.2) is 13.2 Å². The fraction of sp³-hybridized carbons (Fsp3) is 0.286. The summed E-state index contributed by atoms with van der Waals surface area (Å²) in [6, 6.07) is 6.78. The third-order valence-electron chi connectivity index (χ3n) is 3.44. The Balaban J connectivity index is 2.65. The van der Waals surface area contributed by atoms with E-state index in [0.717, 1.165) is 14.7 Å². The van der Waals surface area contributed by atoms with Gasteiger partial charge in [0.1, 0.15) is 0 Å². The number of rotatable bonds is 3. The first-order chi connectivity index (χ1) is 10.1. The molecule has 0 aliphatic rings. The van der Waals surface area contributed by atoms with Gasteiger partial charge in [0.2, 0.25) is 0 Å². The van der Waals surface area contributed by atoms with Crippen LogP contribution in [0.5, 0.6) is 0 Å². The lowest BCUT2D eigenvalue weighted by Crippen LogP contribution is -2.42. The Hall–Kier alpha value is -2.35. The Morgan fingerprint density at radius 2 is 1.68 bits per heavy atom. The maximum absolute atomic E-state index is 12.5. The number of nitrogens with zero attached hydrogens (tertiary/aromatic N) is 2. The SMILES string of the molecule is Cc1cccc(NS(=O)(=O)c2c(C)n(C)c(=O)n(C)c2=O)c1. The molecular formula is C14H17N3O4S. The summed E-state index contributed by atoms with van der Waals surface area (Å²) >= 11 is 0. The monoisotopic (exact) mass is 323 g/mol. The van der Waals surface area contributed by atoms with Crippen molar-refractivity contribution < 1.29 is 8.42 Å². The lowest BCUT2D eigenvalue weighted by Gasteiger charge is -2.13. The van der Waals surface area contributed by atoms with Crippen LogP contribution in [0.2, 0.25) is 0 Å². The Bertz CT molecular complexity index is 955. The van der Waals surface area contributed by atoms with E-state index in [-0.39, 0.29) is 5.69 Å². The van der Waals surface area contributed by atoms with Crippen LogP contribution in [-0.2, 0) is 24.1 Å². The van der Waals surface area contributed by atoms with Crippen molar-refractivity contribution in [3.63, 3.8) is 0 Å². The van der Waals surface area contributed by atoms with Crippen molar-refractivity contribution in [2.45, 2.75) is 18.7 Å². The van der Waals surface area contributed by atoms with E-state index in [9.17, 15) is 18.0 Å². The molecule has 0 bridgehead atoms. The summed E-state index contributed by atoms with van der Waals surface area (Å²) in [6.07, 6.45) is 0. The smallest absolute Gasteiger partial charge is 0.300 e. The summed E-state index contributed by atoms with van der Waals surface area (Å²) < 4.78 is 29.3. The second kappa shape index (κ2) is 5.45. The number of benzene rings is 1. The largest absolute Gasteiger partial charge is 0.330 e. The molecule has 0 saturated carbocycles. The number of hydrogen-bond donors (Lipinski definition) is 1. The van der Waals surface area contributed by atoms with Crippen molar-refractivity contribution in [2.24, 2.45) is 14.1 Å². The van der Waals surface area contributed by atoms with Gasteiger partial charge in [-0.3, -0.25) is 18.7 Å². The Labute approximate surface area is 127 Å². The van der Waals surface area contributed by atoms with Gasteiger partial charge < -0.3 is 0 Å². The fourth-order valence-corrected chi connectivity index (χ4v) is 3.57. The minimum atomic E-state index is -4.10. The average Bonchev–Trinajstić information content (AvgIpc) is 2.42. The van der Waals surface area contributed by atoms with Crippen molar-refractivity contribution in [3.8, 4) is 0 Å². The van der Waals surface area contributed by atoms with Gasteiger partial charge in [-0.05, 0) is 31.5 Å². The Kier molecular flexibility index (Phi) is 3.97. The summed E-state index contributed by atoms with van der Waals surface area (Å²) in [5.41, 5.74) is -0.0911. The van der Waals surface area contributed by atoms with Crippen LogP contribution in [-0.4, -0.2) is 17.6 Å². The van der Waals surface area contributed by atoms with Gasteiger partial charge in [-0.1, -0.05) is 12.1 Å². The molecule has 0 fully saturated rings. The molecule has 1 N–H and O–H groups in total. The number of anilines is 1. The van der Waals surface area contributed by atoms with Gasteiger partial charge in [0.15, 0.2) is 4.90 Å². The fourth-order valence-electron chi connectivity index (χ4n) is 2.14. The van der Waals surface area contributed by atoms with Crippen LogP contribution < -0.4 is 16.0 Å². The van der Waals surface area contributed by atoms with E-state index in [2.05, 4.69) is 4.72 Å². The van der Waals surface area contributed by atoms with Gasteiger partial charge in [-0.15, -0.1) is 0 Å². The number of nitrogens with one attached hydrogen (secondary N) is 1. The Morgan fingerprint density at radius 1 is 1.05 bits per heavy atom. The van der Waals surface area contributed by atoms with Crippen molar-refractivity contribution in [2.75, 3.05) is 4.72 Å². The molecule has 1 heterocycles. The zero-order valence-electron chi connectivity index (χ0n) is 12.7. The highest BCUT2D eigenvalue weighted by molar-refractivity contribution is 7.92. The van der Waals surface area contributed by atoms with Crippen molar-refractivity contribution in [1.82, 2.24) is 9.13 Å². The van der Waals surface area contributed by atoms with Crippen LogP contribution in [0.3, 0.4) is 0 Å². The van der Waals surface area contributed by atoms with Gasteiger partial charge in [0.05, 0.1) is 0 Å². The molecule has 22 heavy (non-hydrogen) atoms. The molecule has 0 aliphatic heterocycles. The second-order valence-electron chi connectivity index (χ2n) is 5.10. The third-order valence-corrected chi connectivity index (χ3v) is 4.96. The van der Waals surface area contributed by atoms with Crippen molar-refractivity contribution >= 4 is 15.7 Å². The minimum absolute atomic E-state index is 0.0910. The molecule has 2 rings (SSSR count). The summed E-state index contributed by atoms with van der Waals surface area (Å²) in [5, 5.41) is 0. The molecular weight excluding hydrogens is 306 g/mol. The molecule has 0 aliphatic carbocycles. The van der Waals surface area contributed by atoms with Crippen molar-refractivity contribution in [3.05, 3.63) is 56.4 Å². The lowest BCUT2D eigenvalue weighted by atomic mass is 10.2. The number of aryl methyl sites for hydroxylation is 1. The second-order valence-corrected chi connectivity index (χ2v) is 6.71. The van der Waals surface area contributed by atoms with E-state index in [1.807, 2.05) is 13.0 Å². The van der Waals surface area contributed by atoms with Crippen LogP contribution >= 0.6 is 0 Å². The van der Waals surface area contributed by atoms with Gasteiger partial charge >= 0.3 is 5.69 Å². The van der Waals surface area contributed by atoms with Gasteiger partial charge in [0, 0.05) is 25.5 Å². The highest BCUT2D eigenvalue weighted by Gasteiger charge is 2.25. The molecule has 7 nitrogen and oxygen atoms in total. The summed E-state index contributed by atoms with van der Waals surface area (Å²) in [5.74, 6) is 0. The summed E-state index contributed by atoms with van der Waals surface area (Å²) in [4.78, 5) is 23.6. The van der Waals surface area contributed by atoms with Crippen LogP contribution in [0.4, 0.5) is 5.69 Å². The highest BCUT2D eigenvalue weighted by atomic mass is 32.2. The third kappa shape index (κ3) is 2.69. The number of sulfonamides is 1. The van der Waals surface area contributed by atoms with E-state index >= 15 is 0 Å². The van der Waals surface area contributed by atoms with E-state index in [1.54, 1.807) is 18.2 Å². The molecule has 118 valence electrons. The minimum Gasteiger partial charge on any atom is -0.300 e. The number of hydrogen-bond acceptors (Lipinski definition) is 4.